The van der Waals surface area contributed by atoms with Gasteiger partial charge in [0.2, 0.25) is 0 Å². The first-order valence-electron chi connectivity index (χ1n) is 18.7. The molecule has 0 aliphatic rings. The number of para-hydroxylation sites is 2. The van der Waals surface area contributed by atoms with Crippen molar-refractivity contribution in [3.8, 4) is 45.5 Å². The van der Waals surface area contributed by atoms with Gasteiger partial charge in [-0.15, -0.1) is 0 Å². The first-order chi connectivity index (χ1) is 28.7. The maximum Gasteiger partial charge on any atom is 0.416 e. The van der Waals surface area contributed by atoms with E-state index in [-0.39, 0.29) is 23.0 Å². The lowest BCUT2D eigenvalue weighted by Gasteiger charge is -2.18. The molecule has 280 valence electrons. The van der Waals surface area contributed by atoms with E-state index in [1.807, 2.05) is 127 Å². The van der Waals surface area contributed by atoms with Crippen molar-refractivity contribution in [1.82, 2.24) is 24.1 Å². The number of rotatable bonds is 5. The molecule has 0 saturated heterocycles. The number of alkyl halides is 3. The number of aromatic nitrogens is 5. The Hall–Kier alpha value is -8.08. The third kappa shape index (κ3) is 5.86. The van der Waals surface area contributed by atoms with Crippen LogP contribution in [0.2, 0.25) is 0 Å². The van der Waals surface area contributed by atoms with Crippen LogP contribution in [-0.4, -0.2) is 24.1 Å². The third-order valence-electron chi connectivity index (χ3n) is 10.7. The zero-order valence-corrected chi connectivity index (χ0v) is 31.2. The minimum atomic E-state index is -4.66. The highest BCUT2D eigenvalue weighted by molar-refractivity contribution is 6.12. The van der Waals surface area contributed by atoms with Crippen LogP contribution in [0, 0.1) is 20.1 Å². The van der Waals surface area contributed by atoms with Gasteiger partial charge in [0, 0.05) is 27.5 Å². The Kier molecular flexibility index (Phi) is 8.11. The largest absolute Gasteiger partial charge is 0.416 e. The molecule has 0 aliphatic carbocycles. The third-order valence-corrected chi connectivity index (χ3v) is 10.7. The van der Waals surface area contributed by atoms with E-state index >= 15 is 0 Å². The van der Waals surface area contributed by atoms with Crippen molar-refractivity contribution in [2.75, 3.05) is 0 Å². The van der Waals surface area contributed by atoms with Crippen molar-refractivity contribution in [3.63, 3.8) is 0 Å². The lowest BCUT2D eigenvalue weighted by atomic mass is 10.0. The summed E-state index contributed by atoms with van der Waals surface area (Å²) in [6, 6.07) is 45.5. The second-order valence-electron chi connectivity index (χ2n) is 14.3. The Balaban J connectivity index is 1.29. The van der Waals surface area contributed by atoms with Crippen molar-refractivity contribution >= 4 is 55.0 Å². The molecular formula is C49H28F3N7. The van der Waals surface area contributed by atoms with Crippen LogP contribution in [0.25, 0.3) is 98.8 Å². The SMILES string of the molecule is [C-]#[N+]c1ccc2c(c1)c1ccccc1n2-c1ccc(C)cc1-c1nc(-c2ccccc2)nc(-c2cc(C(F)(F)F)ccc2-n2c3ccccc3c3cc([N+]#[C-])ccc32)n1. The molecule has 0 saturated carbocycles. The predicted octanol–water partition coefficient (Wildman–Crippen LogP) is 13.5. The quantitative estimate of drug-likeness (QED) is 0.164. The normalized spacial score (nSPS) is 11.7. The Bertz CT molecular complexity index is 3420. The van der Waals surface area contributed by atoms with Gasteiger partial charge in [0.05, 0.1) is 52.1 Å². The molecule has 0 N–H and O–H groups in total. The highest BCUT2D eigenvalue weighted by Gasteiger charge is 2.32. The zero-order chi connectivity index (χ0) is 40.4. The van der Waals surface area contributed by atoms with Gasteiger partial charge in [-0.3, -0.25) is 0 Å². The van der Waals surface area contributed by atoms with Gasteiger partial charge in [-0.05, 0) is 84.4 Å². The van der Waals surface area contributed by atoms with Crippen LogP contribution in [0.3, 0.4) is 0 Å². The number of halogens is 3. The number of aryl methyl sites for hydroxylation is 1. The molecule has 7 nitrogen and oxygen atoms in total. The van der Waals surface area contributed by atoms with Crippen molar-refractivity contribution < 1.29 is 13.2 Å². The molecule has 0 unspecified atom stereocenters. The fraction of sp³-hybridized carbons (Fsp3) is 0.0408. The lowest BCUT2D eigenvalue weighted by molar-refractivity contribution is -0.137. The van der Waals surface area contributed by atoms with E-state index in [0.717, 1.165) is 61.5 Å². The van der Waals surface area contributed by atoms with Gasteiger partial charge < -0.3 is 9.13 Å². The van der Waals surface area contributed by atoms with Crippen LogP contribution in [0.4, 0.5) is 24.5 Å². The Morgan fingerprint density at radius 3 is 1.49 bits per heavy atom. The molecule has 0 amide bonds. The number of benzene rings is 7. The van der Waals surface area contributed by atoms with Crippen LogP contribution < -0.4 is 0 Å². The smallest absolute Gasteiger partial charge is 0.309 e. The molecule has 10 heteroatoms. The average molecular weight is 772 g/mol. The summed E-state index contributed by atoms with van der Waals surface area (Å²) in [4.78, 5) is 22.4. The summed E-state index contributed by atoms with van der Waals surface area (Å²) in [7, 11) is 0. The summed E-state index contributed by atoms with van der Waals surface area (Å²) in [6.07, 6.45) is -4.66. The monoisotopic (exact) mass is 771 g/mol. The Morgan fingerprint density at radius 1 is 0.475 bits per heavy atom. The highest BCUT2D eigenvalue weighted by Crippen LogP contribution is 2.42. The molecule has 10 aromatic rings. The van der Waals surface area contributed by atoms with E-state index in [4.69, 9.17) is 28.1 Å². The van der Waals surface area contributed by atoms with E-state index in [0.29, 0.717) is 33.7 Å². The number of hydrogen-bond acceptors (Lipinski definition) is 3. The maximum atomic E-state index is 14.7. The molecule has 0 bridgehead atoms. The van der Waals surface area contributed by atoms with Gasteiger partial charge >= 0.3 is 6.18 Å². The van der Waals surface area contributed by atoms with Gasteiger partial charge in [0.25, 0.3) is 0 Å². The summed E-state index contributed by atoms with van der Waals surface area (Å²) in [6.45, 7) is 17.3. The second kappa shape index (κ2) is 13.5. The molecule has 0 spiro atoms. The first kappa shape index (κ1) is 35.3. The zero-order valence-electron chi connectivity index (χ0n) is 31.2. The van der Waals surface area contributed by atoms with Crippen molar-refractivity contribution in [3.05, 3.63) is 186 Å². The van der Waals surface area contributed by atoms with E-state index in [1.54, 1.807) is 18.2 Å². The minimum absolute atomic E-state index is 0.0510. The summed E-state index contributed by atoms with van der Waals surface area (Å²) in [5.41, 5.74) is 6.90. The maximum absolute atomic E-state index is 14.7. The molecule has 3 heterocycles. The highest BCUT2D eigenvalue weighted by atomic mass is 19.4. The number of hydrogen-bond donors (Lipinski definition) is 0. The van der Waals surface area contributed by atoms with Gasteiger partial charge in [0.15, 0.2) is 28.8 Å². The second-order valence-corrected chi connectivity index (χ2v) is 14.3. The van der Waals surface area contributed by atoms with Crippen LogP contribution in [0.5, 0.6) is 0 Å². The van der Waals surface area contributed by atoms with Crippen molar-refractivity contribution in [2.45, 2.75) is 13.1 Å². The summed E-state index contributed by atoms with van der Waals surface area (Å²) >= 11 is 0. The minimum Gasteiger partial charge on any atom is -0.309 e. The van der Waals surface area contributed by atoms with Gasteiger partial charge in [-0.1, -0.05) is 90.5 Å². The average Bonchev–Trinajstić information content (AvgIpc) is 3.78. The van der Waals surface area contributed by atoms with Crippen molar-refractivity contribution in [1.29, 1.82) is 0 Å². The lowest BCUT2D eigenvalue weighted by Crippen LogP contribution is -2.09. The van der Waals surface area contributed by atoms with E-state index in [2.05, 4.69) is 14.3 Å². The molecule has 0 aliphatic heterocycles. The summed E-state index contributed by atoms with van der Waals surface area (Å²) in [5, 5.41) is 3.51. The number of nitrogens with zero attached hydrogens (tertiary/aromatic N) is 7. The Morgan fingerprint density at radius 2 is 0.949 bits per heavy atom. The fourth-order valence-corrected chi connectivity index (χ4v) is 8.02. The summed E-state index contributed by atoms with van der Waals surface area (Å²) in [5.74, 6) is 0.604. The molecule has 0 atom stereocenters. The standard InChI is InChI=1S/C49H28F3N7/c1-29-17-21-44(58-40-15-9-7-13-34(40)36-27-32(53-2)19-23-42(36)58)38(25-29)47-55-46(30-11-5-4-6-12-30)56-48(57-47)39-26-31(49(50,51)52)18-22-45(39)59-41-16-10-8-14-35(41)37-28-33(54-3)20-24-43(37)59/h4-28H,1H3. The van der Waals surface area contributed by atoms with Crippen LogP contribution >= 0.6 is 0 Å². The van der Waals surface area contributed by atoms with E-state index < -0.39 is 11.7 Å². The van der Waals surface area contributed by atoms with E-state index in [9.17, 15) is 13.2 Å². The van der Waals surface area contributed by atoms with Crippen LogP contribution in [0.1, 0.15) is 11.1 Å². The van der Waals surface area contributed by atoms with Gasteiger partial charge in [0.1, 0.15) is 0 Å². The van der Waals surface area contributed by atoms with Gasteiger partial charge in [-0.25, -0.2) is 24.6 Å². The first-order valence-corrected chi connectivity index (χ1v) is 18.7. The summed E-state index contributed by atoms with van der Waals surface area (Å²) < 4.78 is 48.1. The van der Waals surface area contributed by atoms with E-state index in [1.165, 1.54) is 6.07 Å². The molecule has 0 radical (unpaired) electrons. The Labute approximate surface area is 335 Å². The molecule has 0 fully saturated rings. The topological polar surface area (TPSA) is 57.2 Å². The van der Waals surface area contributed by atoms with Gasteiger partial charge in [-0.2, -0.15) is 13.2 Å². The molecule has 3 aromatic heterocycles. The number of fused-ring (bicyclic) bond motifs is 6. The predicted molar refractivity (Wildman–Crippen MR) is 227 cm³/mol. The molecule has 7 aromatic carbocycles. The van der Waals surface area contributed by atoms with Crippen LogP contribution in [0.15, 0.2) is 152 Å². The van der Waals surface area contributed by atoms with Crippen LogP contribution in [-0.2, 0) is 6.18 Å². The molecular weight excluding hydrogens is 744 g/mol. The molecule has 59 heavy (non-hydrogen) atoms. The fourth-order valence-electron chi connectivity index (χ4n) is 8.02. The molecule has 10 rings (SSSR count). The van der Waals surface area contributed by atoms with Crippen molar-refractivity contribution in [2.24, 2.45) is 0 Å².